The Morgan fingerprint density at radius 3 is 3.00 bits per heavy atom. The molecule has 5 nitrogen and oxygen atoms in total. The summed E-state index contributed by atoms with van der Waals surface area (Å²) in [6.45, 7) is 7.68. The van der Waals surface area contributed by atoms with Crippen LogP contribution in [0.1, 0.15) is 26.7 Å². The predicted molar refractivity (Wildman–Crippen MR) is 84.4 cm³/mol. The minimum Gasteiger partial charge on any atom is -0.356 e. The quantitative estimate of drug-likeness (QED) is 0.888. The van der Waals surface area contributed by atoms with E-state index >= 15 is 0 Å². The molecule has 1 aliphatic rings. The van der Waals surface area contributed by atoms with Crippen LogP contribution in [0.15, 0.2) is 12.3 Å². The third-order valence-corrected chi connectivity index (χ3v) is 4.04. The Morgan fingerprint density at radius 1 is 1.50 bits per heavy atom. The van der Waals surface area contributed by atoms with Crippen LogP contribution < -0.4 is 15.1 Å². The van der Waals surface area contributed by atoms with Gasteiger partial charge in [0.2, 0.25) is 5.95 Å². The standard InChI is InChI=1S/C15H27N5/c1-5-16-12(2)13-7-6-10-20(11-13)14-8-9-17-15(18-14)19(3)4/h8-9,12-13,16H,5-7,10-11H2,1-4H3. The van der Waals surface area contributed by atoms with Crippen LogP contribution in [0, 0.1) is 5.92 Å². The number of nitrogens with one attached hydrogen (secondary N) is 1. The number of rotatable bonds is 5. The largest absolute Gasteiger partial charge is 0.356 e. The fraction of sp³-hybridized carbons (Fsp3) is 0.733. The monoisotopic (exact) mass is 277 g/mol. The van der Waals surface area contributed by atoms with Crippen molar-refractivity contribution < 1.29 is 0 Å². The molecule has 0 radical (unpaired) electrons. The van der Waals surface area contributed by atoms with E-state index in [1.165, 1.54) is 12.8 Å². The average molecular weight is 277 g/mol. The fourth-order valence-electron chi connectivity index (χ4n) is 2.85. The lowest BCUT2D eigenvalue weighted by atomic mass is 9.91. The normalized spacial score (nSPS) is 20.8. The summed E-state index contributed by atoms with van der Waals surface area (Å²) in [4.78, 5) is 13.3. The highest BCUT2D eigenvalue weighted by Crippen LogP contribution is 2.24. The van der Waals surface area contributed by atoms with E-state index in [0.29, 0.717) is 12.0 Å². The van der Waals surface area contributed by atoms with Crippen molar-refractivity contribution in [1.82, 2.24) is 15.3 Å². The Hall–Kier alpha value is -1.36. The molecule has 0 aromatic carbocycles. The summed E-state index contributed by atoms with van der Waals surface area (Å²) in [6.07, 6.45) is 4.40. The zero-order valence-corrected chi connectivity index (χ0v) is 13.1. The maximum atomic E-state index is 4.66. The molecule has 0 amide bonds. The second-order valence-corrected chi connectivity index (χ2v) is 5.80. The molecule has 2 atom stereocenters. The summed E-state index contributed by atoms with van der Waals surface area (Å²) in [7, 11) is 3.96. The van der Waals surface area contributed by atoms with E-state index in [1.807, 2.05) is 31.3 Å². The summed E-state index contributed by atoms with van der Waals surface area (Å²) < 4.78 is 0. The zero-order chi connectivity index (χ0) is 14.5. The highest BCUT2D eigenvalue weighted by Gasteiger charge is 2.25. The van der Waals surface area contributed by atoms with Crippen LogP contribution in [0.25, 0.3) is 0 Å². The topological polar surface area (TPSA) is 44.3 Å². The molecule has 112 valence electrons. The Balaban J connectivity index is 2.06. The fourth-order valence-corrected chi connectivity index (χ4v) is 2.85. The molecule has 20 heavy (non-hydrogen) atoms. The first kappa shape index (κ1) is 15.0. The highest BCUT2D eigenvalue weighted by molar-refractivity contribution is 5.43. The van der Waals surface area contributed by atoms with Crippen molar-refractivity contribution >= 4 is 11.8 Å². The van der Waals surface area contributed by atoms with Crippen LogP contribution in [0.3, 0.4) is 0 Å². The molecular weight excluding hydrogens is 250 g/mol. The maximum absolute atomic E-state index is 4.66. The Bertz CT molecular complexity index is 420. The lowest BCUT2D eigenvalue weighted by Gasteiger charge is -2.36. The van der Waals surface area contributed by atoms with Gasteiger partial charge in [-0.25, -0.2) is 4.98 Å². The third kappa shape index (κ3) is 3.60. The van der Waals surface area contributed by atoms with Crippen molar-refractivity contribution in [3.63, 3.8) is 0 Å². The molecular formula is C15H27N5. The van der Waals surface area contributed by atoms with Gasteiger partial charge in [0.25, 0.3) is 0 Å². The molecule has 0 bridgehead atoms. The zero-order valence-electron chi connectivity index (χ0n) is 13.1. The summed E-state index contributed by atoms with van der Waals surface area (Å²) in [5, 5.41) is 3.55. The van der Waals surface area contributed by atoms with Crippen molar-refractivity contribution in [2.24, 2.45) is 5.92 Å². The van der Waals surface area contributed by atoms with Crippen molar-refractivity contribution in [2.45, 2.75) is 32.7 Å². The number of hydrogen-bond acceptors (Lipinski definition) is 5. The van der Waals surface area contributed by atoms with Gasteiger partial charge in [-0.1, -0.05) is 6.92 Å². The van der Waals surface area contributed by atoms with E-state index in [-0.39, 0.29) is 0 Å². The summed E-state index contributed by atoms with van der Waals surface area (Å²) in [5.41, 5.74) is 0. The van der Waals surface area contributed by atoms with Gasteiger partial charge in [0.05, 0.1) is 0 Å². The van der Waals surface area contributed by atoms with E-state index in [1.54, 1.807) is 0 Å². The average Bonchev–Trinajstić information content (AvgIpc) is 2.48. The Morgan fingerprint density at radius 2 is 2.30 bits per heavy atom. The van der Waals surface area contributed by atoms with Crippen LogP contribution in [0.5, 0.6) is 0 Å². The second-order valence-electron chi connectivity index (χ2n) is 5.80. The van der Waals surface area contributed by atoms with Crippen LogP contribution in [-0.4, -0.2) is 49.7 Å². The summed E-state index contributed by atoms with van der Waals surface area (Å²) >= 11 is 0. The van der Waals surface area contributed by atoms with Crippen molar-refractivity contribution in [1.29, 1.82) is 0 Å². The molecule has 0 spiro atoms. The van der Waals surface area contributed by atoms with Gasteiger partial charge >= 0.3 is 0 Å². The molecule has 1 N–H and O–H groups in total. The van der Waals surface area contributed by atoms with Crippen LogP contribution in [-0.2, 0) is 0 Å². The van der Waals surface area contributed by atoms with E-state index in [4.69, 9.17) is 0 Å². The number of aromatic nitrogens is 2. The molecule has 0 saturated carbocycles. The molecule has 1 saturated heterocycles. The van der Waals surface area contributed by atoms with Crippen LogP contribution in [0.2, 0.25) is 0 Å². The second kappa shape index (κ2) is 6.88. The summed E-state index contributed by atoms with van der Waals surface area (Å²) in [5.74, 6) is 2.53. The number of piperidine rings is 1. The number of hydrogen-bond donors (Lipinski definition) is 1. The van der Waals surface area contributed by atoms with Crippen molar-refractivity contribution in [2.75, 3.05) is 43.5 Å². The minimum absolute atomic E-state index is 0.568. The van der Waals surface area contributed by atoms with Crippen LogP contribution >= 0.6 is 0 Å². The van der Waals surface area contributed by atoms with Gasteiger partial charge in [0.15, 0.2) is 0 Å². The highest BCUT2D eigenvalue weighted by atomic mass is 15.3. The third-order valence-electron chi connectivity index (χ3n) is 4.04. The molecule has 0 aliphatic carbocycles. The van der Waals surface area contributed by atoms with Gasteiger partial charge < -0.3 is 15.1 Å². The minimum atomic E-state index is 0.568. The molecule has 2 heterocycles. The van der Waals surface area contributed by atoms with Gasteiger partial charge in [0.1, 0.15) is 5.82 Å². The first-order chi connectivity index (χ1) is 9.61. The lowest BCUT2D eigenvalue weighted by Crippen LogP contribution is -2.44. The summed E-state index contributed by atoms with van der Waals surface area (Å²) in [6, 6.07) is 2.59. The van der Waals surface area contributed by atoms with E-state index in [0.717, 1.165) is 31.4 Å². The molecule has 2 unspecified atom stereocenters. The van der Waals surface area contributed by atoms with Gasteiger partial charge in [-0.2, -0.15) is 4.98 Å². The van der Waals surface area contributed by atoms with Gasteiger partial charge in [-0.15, -0.1) is 0 Å². The Labute approximate surface area is 122 Å². The molecule has 1 aromatic rings. The SMILES string of the molecule is CCNC(C)C1CCCN(c2ccnc(N(C)C)n2)C1. The van der Waals surface area contributed by atoms with Crippen molar-refractivity contribution in [3.05, 3.63) is 12.3 Å². The molecule has 1 aliphatic heterocycles. The van der Waals surface area contributed by atoms with Crippen molar-refractivity contribution in [3.8, 4) is 0 Å². The van der Waals surface area contributed by atoms with E-state index in [2.05, 4.69) is 34.0 Å². The first-order valence-electron chi connectivity index (χ1n) is 7.60. The number of anilines is 2. The molecule has 2 rings (SSSR count). The smallest absolute Gasteiger partial charge is 0.226 e. The first-order valence-corrected chi connectivity index (χ1v) is 7.60. The Kier molecular flexibility index (Phi) is 5.17. The maximum Gasteiger partial charge on any atom is 0.226 e. The number of nitrogens with zero attached hydrogens (tertiary/aromatic N) is 4. The predicted octanol–water partition coefficient (Wildman–Crippen LogP) is 1.76. The lowest BCUT2D eigenvalue weighted by molar-refractivity contribution is 0.323. The van der Waals surface area contributed by atoms with Gasteiger partial charge in [-0.3, -0.25) is 0 Å². The van der Waals surface area contributed by atoms with E-state index in [9.17, 15) is 0 Å². The molecule has 1 fully saturated rings. The molecule has 5 heteroatoms. The van der Waals surface area contributed by atoms with Crippen LogP contribution in [0.4, 0.5) is 11.8 Å². The molecule has 1 aromatic heterocycles. The van der Waals surface area contributed by atoms with E-state index < -0.39 is 0 Å². The van der Waals surface area contributed by atoms with Gasteiger partial charge in [-0.05, 0) is 38.3 Å². The van der Waals surface area contributed by atoms with Gasteiger partial charge in [0, 0.05) is 39.4 Å².